The molecule has 2 aliphatic rings. The Bertz CT molecular complexity index is 520. The summed E-state index contributed by atoms with van der Waals surface area (Å²) in [5.74, 6) is -5.75. The number of carbonyl (C=O) groups excluding carboxylic acids is 2. The van der Waals surface area contributed by atoms with Crippen LogP contribution in [0.1, 0.15) is 0 Å². The maximum atomic E-state index is 10.5. The van der Waals surface area contributed by atoms with Crippen LogP contribution >= 0.6 is 0 Å². The fourth-order valence-corrected chi connectivity index (χ4v) is 1.63. The Morgan fingerprint density at radius 2 is 1.08 bits per heavy atom. The molecule has 0 saturated heterocycles. The standard InChI is InChI=1S/2C6H7O6.Fe/c2*7-1-2(8)5-3(9)4(10)6(11)12-5;/h2*2,5,8-10H,1H2;/q2*-1;+2/t2*2-,5+;/m00./s1. The normalized spacial score (nSPS) is 24.8. The quantitative estimate of drug-likeness (QED) is 0.194. The monoisotopic (exact) mass is 406 g/mol. The maximum absolute atomic E-state index is 10.5. The molecule has 0 spiro atoms. The molecule has 0 aromatic heterocycles. The second-order valence-electron chi connectivity index (χ2n) is 4.59. The van der Waals surface area contributed by atoms with Crippen molar-refractivity contribution in [2.24, 2.45) is 0 Å². The Morgan fingerprint density at radius 1 is 0.800 bits per heavy atom. The number of hydrogen-bond donors (Lipinski definition) is 6. The maximum Gasteiger partial charge on any atom is 2.00 e. The molecule has 25 heavy (non-hydrogen) atoms. The summed E-state index contributed by atoms with van der Waals surface area (Å²) in [6.45, 7) is -1.84. The molecule has 0 fully saturated rings. The van der Waals surface area contributed by atoms with Crippen LogP contribution in [-0.4, -0.2) is 80.2 Å². The van der Waals surface area contributed by atoms with E-state index in [-0.39, 0.29) is 17.1 Å². The predicted octanol–water partition coefficient (Wildman–Crippen LogP) is -4.08. The SMILES string of the molecule is O=C1O[C@H]([C@@H](O)C[O-])C(O)=C1O.O=C1O[C@H]([C@@H](O)C[O-])C(O)=C1O.[Fe+2]. The summed E-state index contributed by atoms with van der Waals surface area (Å²) in [6, 6.07) is 0. The summed E-state index contributed by atoms with van der Waals surface area (Å²) in [6.07, 6.45) is -5.90. The van der Waals surface area contributed by atoms with Crippen molar-refractivity contribution in [3.8, 4) is 0 Å². The molecule has 0 amide bonds. The number of ether oxygens (including phenoxy) is 2. The molecule has 2 heterocycles. The van der Waals surface area contributed by atoms with E-state index in [4.69, 9.17) is 30.6 Å². The third-order valence-corrected chi connectivity index (χ3v) is 2.92. The first-order valence-electron chi connectivity index (χ1n) is 6.34. The van der Waals surface area contributed by atoms with Gasteiger partial charge in [-0.15, -0.1) is 13.2 Å². The number of aliphatic hydroxyl groups excluding tert-OH is 6. The molecule has 0 saturated carbocycles. The minimum absolute atomic E-state index is 0. The van der Waals surface area contributed by atoms with Gasteiger partial charge in [0.2, 0.25) is 11.5 Å². The minimum atomic E-state index is -1.53. The smallest absolute Gasteiger partial charge is 0.853 e. The third-order valence-electron chi connectivity index (χ3n) is 2.92. The topological polar surface area (TPSA) is 220 Å². The van der Waals surface area contributed by atoms with Gasteiger partial charge in [-0.1, -0.05) is 0 Å². The second kappa shape index (κ2) is 9.46. The minimum Gasteiger partial charge on any atom is -0.853 e. The van der Waals surface area contributed by atoms with Crippen molar-refractivity contribution in [2.75, 3.05) is 13.2 Å². The Labute approximate surface area is 150 Å². The van der Waals surface area contributed by atoms with Crippen molar-refractivity contribution in [2.45, 2.75) is 24.4 Å². The molecule has 6 N–H and O–H groups in total. The van der Waals surface area contributed by atoms with Crippen molar-refractivity contribution in [3.63, 3.8) is 0 Å². The zero-order valence-electron chi connectivity index (χ0n) is 12.2. The largest absolute Gasteiger partial charge is 2.00 e. The average Bonchev–Trinajstić information content (AvgIpc) is 2.98. The molecule has 4 atom stereocenters. The molecule has 2 rings (SSSR count). The number of aliphatic hydroxyl groups is 6. The van der Waals surface area contributed by atoms with Gasteiger partial charge in [-0.25, -0.2) is 9.59 Å². The molecular weight excluding hydrogens is 392 g/mol. The van der Waals surface area contributed by atoms with E-state index in [1.807, 2.05) is 0 Å². The van der Waals surface area contributed by atoms with Crippen LogP contribution in [0, 0.1) is 0 Å². The van der Waals surface area contributed by atoms with Gasteiger partial charge >= 0.3 is 29.0 Å². The van der Waals surface area contributed by atoms with Crippen molar-refractivity contribution < 1.29 is 77.0 Å². The summed E-state index contributed by atoms with van der Waals surface area (Å²) in [5.41, 5.74) is 0. The molecule has 0 radical (unpaired) electrons. The van der Waals surface area contributed by atoms with E-state index in [0.29, 0.717) is 0 Å². The van der Waals surface area contributed by atoms with E-state index in [1.54, 1.807) is 0 Å². The summed E-state index contributed by atoms with van der Waals surface area (Å²) >= 11 is 0. The van der Waals surface area contributed by atoms with Gasteiger partial charge in [0.25, 0.3) is 0 Å². The molecule has 13 heteroatoms. The Kier molecular flexibility index (Phi) is 8.69. The van der Waals surface area contributed by atoms with Crippen LogP contribution in [0.15, 0.2) is 23.0 Å². The van der Waals surface area contributed by atoms with Gasteiger partial charge in [-0.05, 0) is 0 Å². The molecule has 142 valence electrons. The molecule has 0 unspecified atom stereocenters. The van der Waals surface area contributed by atoms with Gasteiger partial charge in [-0.2, -0.15) is 0 Å². The van der Waals surface area contributed by atoms with Crippen LogP contribution in [0.3, 0.4) is 0 Å². The number of cyclic esters (lactones) is 2. The molecule has 0 aromatic rings. The van der Waals surface area contributed by atoms with Gasteiger partial charge in [0.05, 0.1) is 12.2 Å². The number of rotatable bonds is 4. The Hall–Kier alpha value is -2.02. The summed E-state index contributed by atoms with van der Waals surface area (Å²) in [7, 11) is 0. The van der Waals surface area contributed by atoms with Crippen LogP contribution in [-0.2, 0) is 36.1 Å². The van der Waals surface area contributed by atoms with E-state index in [1.165, 1.54) is 0 Å². The number of esters is 2. The molecular formula is C12H14FeO12. The van der Waals surface area contributed by atoms with Gasteiger partial charge in [0.1, 0.15) is 0 Å². The molecule has 0 aliphatic carbocycles. The van der Waals surface area contributed by atoms with Crippen molar-refractivity contribution in [1.29, 1.82) is 0 Å². The molecule has 0 bridgehead atoms. The van der Waals surface area contributed by atoms with Crippen LogP contribution in [0.25, 0.3) is 0 Å². The van der Waals surface area contributed by atoms with E-state index in [0.717, 1.165) is 0 Å². The van der Waals surface area contributed by atoms with Crippen LogP contribution < -0.4 is 10.2 Å². The molecule has 2 aliphatic heterocycles. The Balaban J connectivity index is 0.000000443. The summed E-state index contributed by atoms with van der Waals surface area (Å²) in [5, 5.41) is 73.3. The van der Waals surface area contributed by atoms with Crippen molar-refractivity contribution in [1.82, 2.24) is 0 Å². The van der Waals surface area contributed by atoms with Crippen LogP contribution in [0.5, 0.6) is 0 Å². The van der Waals surface area contributed by atoms with E-state index in [2.05, 4.69) is 9.47 Å². The van der Waals surface area contributed by atoms with Gasteiger partial charge in [-0.3, -0.25) is 0 Å². The van der Waals surface area contributed by atoms with Gasteiger partial charge in [0, 0.05) is 0 Å². The number of hydrogen-bond acceptors (Lipinski definition) is 12. The predicted molar refractivity (Wildman–Crippen MR) is 66.1 cm³/mol. The fourth-order valence-electron chi connectivity index (χ4n) is 1.63. The van der Waals surface area contributed by atoms with Crippen molar-refractivity contribution >= 4 is 11.9 Å². The third kappa shape index (κ3) is 4.98. The first-order chi connectivity index (χ1) is 11.1. The fraction of sp³-hybridized carbons (Fsp3) is 0.500. The van der Waals surface area contributed by atoms with Crippen LogP contribution in [0.2, 0.25) is 0 Å². The van der Waals surface area contributed by atoms with E-state index in [9.17, 15) is 19.8 Å². The zero-order valence-corrected chi connectivity index (χ0v) is 13.3. The van der Waals surface area contributed by atoms with Crippen LogP contribution in [0.4, 0.5) is 0 Å². The summed E-state index contributed by atoms with van der Waals surface area (Å²) < 4.78 is 8.55. The average molecular weight is 406 g/mol. The summed E-state index contributed by atoms with van der Waals surface area (Å²) in [4.78, 5) is 21.0. The second-order valence-corrected chi connectivity index (χ2v) is 4.59. The first-order valence-corrected chi connectivity index (χ1v) is 6.34. The number of carbonyl (C=O) groups is 2. The molecule has 0 aromatic carbocycles. The zero-order chi connectivity index (χ0) is 18.6. The van der Waals surface area contributed by atoms with Gasteiger partial charge < -0.3 is 50.3 Å². The van der Waals surface area contributed by atoms with Gasteiger partial charge in [0.15, 0.2) is 23.7 Å². The first kappa shape index (κ1) is 23.0. The Morgan fingerprint density at radius 3 is 1.24 bits per heavy atom. The van der Waals surface area contributed by atoms with Crippen molar-refractivity contribution in [3.05, 3.63) is 23.0 Å². The van der Waals surface area contributed by atoms with E-state index >= 15 is 0 Å². The van der Waals surface area contributed by atoms with E-state index < -0.39 is 72.6 Å². The molecule has 12 nitrogen and oxygen atoms in total.